The number of hydrogen-bond acceptors (Lipinski definition) is 4. The molecule has 2 heterocycles. The fraction of sp³-hybridized carbons (Fsp3) is 0.474. The zero-order valence-corrected chi connectivity index (χ0v) is 17.1. The molecule has 4 rings (SSSR count). The SMILES string of the molecule is Cc1[nH]c(-c2ccc(F)cc2)nc1C(=O)N[C@H]1C[C@H]2CNC[C@H]2C[C@@H]1O.Cl.Cl. The van der Waals surface area contributed by atoms with E-state index in [2.05, 4.69) is 20.6 Å². The van der Waals surface area contributed by atoms with Gasteiger partial charge < -0.3 is 20.7 Å². The predicted molar refractivity (Wildman–Crippen MR) is 110 cm³/mol. The predicted octanol–water partition coefficient (Wildman–Crippen LogP) is 2.46. The molecule has 4 N–H and O–H groups in total. The number of aliphatic hydroxyl groups is 1. The zero-order chi connectivity index (χ0) is 18.3. The lowest BCUT2D eigenvalue weighted by Crippen LogP contribution is -2.49. The van der Waals surface area contributed by atoms with Gasteiger partial charge in [0, 0.05) is 11.3 Å². The van der Waals surface area contributed by atoms with Gasteiger partial charge in [-0.1, -0.05) is 0 Å². The maximum absolute atomic E-state index is 13.1. The lowest BCUT2D eigenvalue weighted by atomic mass is 9.77. The summed E-state index contributed by atoms with van der Waals surface area (Å²) in [7, 11) is 0. The second-order valence-electron chi connectivity index (χ2n) is 7.36. The van der Waals surface area contributed by atoms with Crippen molar-refractivity contribution in [1.82, 2.24) is 20.6 Å². The van der Waals surface area contributed by atoms with E-state index >= 15 is 0 Å². The Kier molecular flexibility index (Phi) is 7.45. The highest BCUT2D eigenvalue weighted by Gasteiger charge is 2.39. The largest absolute Gasteiger partial charge is 0.391 e. The smallest absolute Gasteiger partial charge is 0.272 e. The molecule has 1 aromatic carbocycles. The van der Waals surface area contributed by atoms with Crippen LogP contribution in [0.3, 0.4) is 0 Å². The first-order chi connectivity index (χ1) is 12.5. The zero-order valence-electron chi connectivity index (χ0n) is 15.4. The molecular formula is C19H25Cl2FN4O2. The molecule has 1 aliphatic carbocycles. The molecule has 2 aliphatic rings. The number of rotatable bonds is 3. The van der Waals surface area contributed by atoms with Crippen LogP contribution in [-0.2, 0) is 0 Å². The fourth-order valence-electron chi connectivity index (χ4n) is 4.11. The van der Waals surface area contributed by atoms with E-state index in [0.717, 1.165) is 19.5 Å². The number of carbonyl (C=O) groups excluding carboxylic acids is 1. The number of hydrogen-bond donors (Lipinski definition) is 4. The number of aromatic nitrogens is 2. The number of nitrogens with one attached hydrogen (secondary N) is 3. The summed E-state index contributed by atoms with van der Waals surface area (Å²) in [5.74, 6) is 0.910. The van der Waals surface area contributed by atoms with Crippen LogP contribution < -0.4 is 10.6 Å². The number of fused-ring (bicyclic) bond motifs is 1. The Balaban J connectivity index is 0.00000140. The van der Waals surface area contributed by atoms with Crippen molar-refractivity contribution in [2.24, 2.45) is 11.8 Å². The third-order valence-electron chi connectivity index (χ3n) is 5.58. The molecule has 2 aromatic rings. The molecule has 154 valence electrons. The van der Waals surface area contributed by atoms with Gasteiger partial charge in [-0.3, -0.25) is 4.79 Å². The highest BCUT2D eigenvalue weighted by atomic mass is 35.5. The first-order valence-corrected chi connectivity index (χ1v) is 9.03. The van der Waals surface area contributed by atoms with Crippen molar-refractivity contribution in [3.8, 4) is 11.4 Å². The van der Waals surface area contributed by atoms with Crippen molar-refractivity contribution >= 4 is 30.7 Å². The first kappa shape index (κ1) is 22.6. The molecule has 9 heteroatoms. The second-order valence-corrected chi connectivity index (χ2v) is 7.36. The van der Waals surface area contributed by atoms with Crippen molar-refractivity contribution in [2.45, 2.75) is 31.9 Å². The Labute approximate surface area is 175 Å². The molecule has 0 unspecified atom stereocenters. The summed E-state index contributed by atoms with van der Waals surface area (Å²) in [5, 5.41) is 16.7. The van der Waals surface area contributed by atoms with Crippen LogP contribution in [0.2, 0.25) is 0 Å². The van der Waals surface area contributed by atoms with Gasteiger partial charge in [-0.15, -0.1) is 24.8 Å². The summed E-state index contributed by atoms with van der Waals surface area (Å²) >= 11 is 0. The van der Waals surface area contributed by atoms with Crippen LogP contribution in [0.25, 0.3) is 11.4 Å². The van der Waals surface area contributed by atoms with Crippen LogP contribution in [0.5, 0.6) is 0 Å². The minimum atomic E-state index is -0.532. The molecule has 2 fully saturated rings. The van der Waals surface area contributed by atoms with Crippen molar-refractivity contribution in [1.29, 1.82) is 0 Å². The van der Waals surface area contributed by atoms with Crippen molar-refractivity contribution < 1.29 is 14.3 Å². The summed E-state index contributed by atoms with van der Waals surface area (Å²) in [6.45, 7) is 3.67. The van der Waals surface area contributed by atoms with E-state index < -0.39 is 6.10 Å². The summed E-state index contributed by atoms with van der Waals surface area (Å²) < 4.78 is 13.1. The van der Waals surface area contributed by atoms with Gasteiger partial charge in [0.15, 0.2) is 0 Å². The van der Waals surface area contributed by atoms with Gasteiger partial charge in [0.25, 0.3) is 5.91 Å². The van der Waals surface area contributed by atoms with Gasteiger partial charge in [0.05, 0.1) is 12.1 Å². The molecule has 28 heavy (non-hydrogen) atoms. The van der Waals surface area contributed by atoms with Gasteiger partial charge in [0.1, 0.15) is 17.3 Å². The van der Waals surface area contributed by atoms with E-state index in [1.165, 1.54) is 12.1 Å². The lowest BCUT2D eigenvalue weighted by molar-refractivity contribution is 0.0460. The Morgan fingerprint density at radius 1 is 1.18 bits per heavy atom. The van der Waals surface area contributed by atoms with E-state index in [9.17, 15) is 14.3 Å². The summed E-state index contributed by atoms with van der Waals surface area (Å²) in [6.07, 6.45) is 0.956. The van der Waals surface area contributed by atoms with Crippen LogP contribution >= 0.6 is 24.8 Å². The fourth-order valence-corrected chi connectivity index (χ4v) is 4.11. The number of nitrogens with zero attached hydrogens (tertiary/aromatic N) is 1. The number of imidazole rings is 1. The topological polar surface area (TPSA) is 90.0 Å². The molecule has 1 saturated heterocycles. The quantitative estimate of drug-likeness (QED) is 0.601. The minimum absolute atomic E-state index is 0. The number of carbonyl (C=O) groups is 1. The Morgan fingerprint density at radius 2 is 1.82 bits per heavy atom. The van der Waals surface area contributed by atoms with E-state index in [0.29, 0.717) is 41.0 Å². The minimum Gasteiger partial charge on any atom is -0.391 e. The van der Waals surface area contributed by atoms with Gasteiger partial charge in [-0.05, 0) is 69.0 Å². The summed E-state index contributed by atoms with van der Waals surface area (Å²) in [4.78, 5) is 20.2. The van der Waals surface area contributed by atoms with E-state index in [4.69, 9.17) is 0 Å². The van der Waals surface area contributed by atoms with Crippen molar-refractivity contribution in [3.63, 3.8) is 0 Å². The van der Waals surface area contributed by atoms with Gasteiger partial charge in [0.2, 0.25) is 0 Å². The molecule has 1 amide bonds. The van der Waals surface area contributed by atoms with Crippen molar-refractivity contribution in [2.75, 3.05) is 13.1 Å². The molecule has 0 bridgehead atoms. The second kappa shape index (κ2) is 9.22. The molecular weight excluding hydrogens is 406 g/mol. The van der Waals surface area contributed by atoms with Crippen molar-refractivity contribution in [3.05, 3.63) is 41.5 Å². The highest BCUT2D eigenvalue weighted by Crippen LogP contribution is 2.33. The lowest BCUT2D eigenvalue weighted by Gasteiger charge is -2.35. The first-order valence-electron chi connectivity index (χ1n) is 9.03. The number of aryl methyl sites for hydroxylation is 1. The molecule has 0 spiro atoms. The molecule has 1 aromatic heterocycles. The van der Waals surface area contributed by atoms with Crippen LogP contribution in [0.15, 0.2) is 24.3 Å². The average Bonchev–Trinajstić information content (AvgIpc) is 3.22. The summed E-state index contributed by atoms with van der Waals surface area (Å²) in [5.41, 5.74) is 1.67. The number of aliphatic hydroxyl groups excluding tert-OH is 1. The number of H-pyrrole nitrogens is 1. The van der Waals surface area contributed by atoms with Gasteiger partial charge >= 0.3 is 0 Å². The third-order valence-corrected chi connectivity index (χ3v) is 5.58. The van der Waals surface area contributed by atoms with Crippen LogP contribution in [0.1, 0.15) is 29.0 Å². The van der Waals surface area contributed by atoms with Crippen LogP contribution in [0, 0.1) is 24.6 Å². The molecule has 0 radical (unpaired) electrons. The third kappa shape index (κ3) is 4.49. The Bertz CT molecular complexity index is 815. The molecule has 6 nitrogen and oxygen atoms in total. The summed E-state index contributed by atoms with van der Waals surface area (Å²) in [6, 6.07) is 5.70. The van der Waals surface area contributed by atoms with E-state index in [1.807, 2.05) is 0 Å². The Hall–Kier alpha value is -1.67. The monoisotopic (exact) mass is 430 g/mol. The maximum Gasteiger partial charge on any atom is 0.272 e. The maximum atomic E-state index is 13.1. The highest BCUT2D eigenvalue weighted by molar-refractivity contribution is 5.94. The van der Waals surface area contributed by atoms with Gasteiger partial charge in [-0.25, -0.2) is 9.37 Å². The van der Waals surface area contributed by atoms with E-state index in [-0.39, 0.29) is 42.6 Å². The number of halogens is 3. The molecule has 1 saturated carbocycles. The number of aromatic amines is 1. The van der Waals surface area contributed by atoms with Crippen LogP contribution in [0.4, 0.5) is 4.39 Å². The van der Waals surface area contributed by atoms with Gasteiger partial charge in [-0.2, -0.15) is 0 Å². The average molecular weight is 431 g/mol. The normalized spacial score (nSPS) is 26.0. The van der Waals surface area contributed by atoms with E-state index in [1.54, 1.807) is 19.1 Å². The molecule has 1 aliphatic heterocycles. The number of amides is 1. The number of benzene rings is 1. The molecule has 4 atom stereocenters. The Morgan fingerprint density at radius 3 is 2.50 bits per heavy atom. The standard InChI is InChI=1S/C19H23FN4O2.2ClH/c1-10-17(24-18(22-10)11-2-4-14(20)5-3-11)19(26)23-15-6-12-8-21-9-13(12)7-16(15)25;;/h2-5,12-13,15-16,21,25H,6-9H2,1H3,(H,22,24)(H,23,26);2*1H/t12-,13+,15-,16-;;/m0../s1. The van der Waals surface area contributed by atoms with Crippen LogP contribution in [-0.4, -0.2) is 46.2 Å².